The number of unbranched alkanes of at least 4 members (excludes halogenated alkanes) is 2. The fourth-order valence-corrected chi connectivity index (χ4v) is 1.99. The number of anilines is 1. The number of rotatable bonds is 7. The van der Waals surface area contributed by atoms with Crippen LogP contribution in [0.2, 0.25) is 0 Å². The van der Waals surface area contributed by atoms with Crippen molar-refractivity contribution >= 4 is 11.7 Å². The van der Waals surface area contributed by atoms with E-state index in [-0.39, 0.29) is 11.9 Å². The highest BCUT2D eigenvalue weighted by Crippen LogP contribution is 2.25. The van der Waals surface area contributed by atoms with Crippen molar-refractivity contribution in [3.8, 4) is 0 Å². The third kappa shape index (κ3) is 4.40. The number of benzene rings is 1. The summed E-state index contributed by atoms with van der Waals surface area (Å²) in [5, 5.41) is 0. The van der Waals surface area contributed by atoms with Gasteiger partial charge in [-0.15, -0.1) is 0 Å². The van der Waals surface area contributed by atoms with Gasteiger partial charge in [-0.25, -0.2) is 0 Å². The highest BCUT2D eigenvalue weighted by molar-refractivity contribution is 5.78. The molecule has 18 heavy (non-hydrogen) atoms. The van der Waals surface area contributed by atoms with E-state index < -0.39 is 0 Å². The van der Waals surface area contributed by atoms with Crippen LogP contribution in [0, 0.1) is 0 Å². The number of hydrogen-bond acceptors (Lipinski definition) is 3. The molecule has 1 unspecified atom stereocenters. The maximum absolute atomic E-state index is 12.0. The summed E-state index contributed by atoms with van der Waals surface area (Å²) in [6, 6.07) is 7.51. The Kier molecular flexibility index (Phi) is 6.26. The Morgan fingerprint density at radius 1 is 1.22 bits per heavy atom. The van der Waals surface area contributed by atoms with E-state index in [2.05, 4.69) is 6.92 Å². The predicted molar refractivity (Wildman–Crippen MR) is 74.4 cm³/mol. The van der Waals surface area contributed by atoms with E-state index in [1.807, 2.05) is 31.2 Å². The molecule has 0 fully saturated rings. The van der Waals surface area contributed by atoms with Gasteiger partial charge in [-0.1, -0.05) is 38.3 Å². The van der Waals surface area contributed by atoms with Crippen LogP contribution in [0.1, 0.15) is 51.0 Å². The number of carbonyl (C=O) groups is 1. The van der Waals surface area contributed by atoms with E-state index in [9.17, 15) is 4.79 Å². The Morgan fingerprint density at radius 3 is 2.44 bits per heavy atom. The quantitative estimate of drug-likeness (QED) is 0.457. The molecule has 1 aromatic carbocycles. The highest BCUT2D eigenvalue weighted by atomic mass is 16.5. The van der Waals surface area contributed by atoms with Crippen molar-refractivity contribution < 1.29 is 9.53 Å². The van der Waals surface area contributed by atoms with Gasteiger partial charge in [0.15, 0.2) is 0 Å². The maximum atomic E-state index is 12.0. The lowest BCUT2D eigenvalue weighted by Crippen LogP contribution is -2.16. The molecule has 1 aromatic rings. The van der Waals surface area contributed by atoms with Gasteiger partial charge < -0.3 is 10.5 Å². The zero-order valence-electron chi connectivity index (χ0n) is 11.3. The Labute approximate surface area is 109 Å². The van der Waals surface area contributed by atoms with Gasteiger partial charge in [0.2, 0.25) is 0 Å². The van der Waals surface area contributed by atoms with Crippen molar-refractivity contribution in [3.63, 3.8) is 0 Å². The van der Waals surface area contributed by atoms with E-state index >= 15 is 0 Å². The van der Waals surface area contributed by atoms with Crippen LogP contribution < -0.4 is 5.73 Å². The lowest BCUT2D eigenvalue weighted by Gasteiger charge is -2.16. The molecule has 3 nitrogen and oxygen atoms in total. The molecule has 0 aliphatic heterocycles. The summed E-state index contributed by atoms with van der Waals surface area (Å²) in [4.78, 5) is 12.0. The van der Waals surface area contributed by atoms with Gasteiger partial charge in [-0.3, -0.25) is 4.79 Å². The second-order valence-corrected chi connectivity index (χ2v) is 4.47. The van der Waals surface area contributed by atoms with Crippen LogP contribution in [0.15, 0.2) is 24.3 Å². The summed E-state index contributed by atoms with van der Waals surface area (Å²) in [7, 11) is 0. The molecule has 0 saturated carbocycles. The molecule has 3 heteroatoms. The standard InChI is InChI=1S/C15H23NO2/c1-3-5-6-7-14(15(17)18-4-2)12-8-10-13(16)11-9-12/h8-11,14H,3-7,16H2,1-2H3. The zero-order chi connectivity index (χ0) is 13.4. The molecule has 0 aliphatic carbocycles. The second kappa shape index (κ2) is 7.75. The molecule has 0 amide bonds. The smallest absolute Gasteiger partial charge is 0.313 e. The lowest BCUT2D eigenvalue weighted by molar-refractivity contribution is -0.145. The van der Waals surface area contributed by atoms with E-state index in [1.54, 1.807) is 0 Å². The topological polar surface area (TPSA) is 52.3 Å². The van der Waals surface area contributed by atoms with Crippen molar-refractivity contribution in [1.29, 1.82) is 0 Å². The first-order valence-corrected chi connectivity index (χ1v) is 6.71. The fraction of sp³-hybridized carbons (Fsp3) is 0.533. The van der Waals surface area contributed by atoms with Gasteiger partial charge in [0.1, 0.15) is 0 Å². The highest BCUT2D eigenvalue weighted by Gasteiger charge is 2.21. The van der Waals surface area contributed by atoms with Gasteiger partial charge in [-0.05, 0) is 31.0 Å². The summed E-state index contributed by atoms with van der Waals surface area (Å²) < 4.78 is 5.15. The minimum absolute atomic E-state index is 0.127. The first kappa shape index (κ1) is 14.6. The molecule has 1 rings (SSSR count). The summed E-state index contributed by atoms with van der Waals surface area (Å²) >= 11 is 0. The van der Waals surface area contributed by atoms with Crippen molar-refractivity contribution in [2.24, 2.45) is 0 Å². The Balaban J connectivity index is 2.75. The number of ether oxygens (including phenoxy) is 1. The molecule has 0 heterocycles. The van der Waals surface area contributed by atoms with Crippen molar-refractivity contribution in [1.82, 2.24) is 0 Å². The number of hydrogen-bond donors (Lipinski definition) is 1. The summed E-state index contributed by atoms with van der Waals surface area (Å²) in [5.74, 6) is -0.282. The first-order valence-electron chi connectivity index (χ1n) is 6.71. The first-order chi connectivity index (χ1) is 8.69. The third-order valence-electron chi connectivity index (χ3n) is 3.01. The van der Waals surface area contributed by atoms with Gasteiger partial charge in [0.05, 0.1) is 12.5 Å². The van der Waals surface area contributed by atoms with Gasteiger partial charge in [-0.2, -0.15) is 0 Å². The lowest BCUT2D eigenvalue weighted by atomic mass is 9.93. The average Bonchev–Trinajstić information content (AvgIpc) is 2.36. The molecule has 0 aliphatic rings. The van der Waals surface area contributed by atoms with E-state index in [1.165, 1.54) is 0 Å². The summed E-state index contributed by atoms with van der Waals surface area (Å²) in [6.07, 6.45) is 4.18. The van der Waals surface area contributed by atoms with Crippen LogP contribution in [-0.4, -0.2) is 12.6 Å². The van der Waals surface area contributed by atoms with Gasteiger partial charge >= 0.3 is 5.97 Å². The van der Waals surface area contributed by atoms with E-state index in [4.69, 9.17) is 10.5 Å². The third-order valence-corrected chi connectivity index (χ3v) is 3.01. The number of carbonyl (C=O) groups excluding carboxylic acids is 1. The second-order valence-electron chi connectivity index (χ2n) is 4.47. The molecule has 0 saturated heterocycles. The zero-order valence-corrected chi connectivity index (χ0v) is 11.3. The summed E-state index contributed by atoms with van der Waals surface area (Å²) in [5.41, 5.74) is 7.38. The minimum Gasteiger partial charge on any atom is -0.466 e. The van der Waals surface area contributed by atoms with Crippen LogP contribution in [0.4, 0.5) is 5.69 Å². The van der Waals surface area contributed by atoms with E-state index in [0.29, 0.717) is 6.61 Å². The SMILES string of the molecule is CCCCCC(C(=O)OCC)c1ccc(N)cc1. The Hall–Kier alpha value is -1.51. The predicted octanol–water partition coefficient (Wildman–Crippen LogP) is 3.50. The van der Waals surface area contributed by atoms with Crippen LogP contribution in [0.5, 0.6) is 0 Å². The molecule has 0 radical (unpaired) electrons. The molecular formula is C15H23NO2. The summed E-state index contributed by atoms with van der Waals surface area (Å²) in [6.45, 7) is 4.42. The van der Waals surface area contributed by atoms with Crippen molar-refractivity contribution in [2.45, 2.75) is 45.4 Å². The van der Waals surface area contributed by atoms with Crippen LogP contribution >= 0.6 is 0 Å². The molecular weight excluding hydrogens is 226 g/mol. The normalized spacial score (nSPS) is 12.1. The number of nitrogen functional groups attached to an aromatic ring is 1. The number of esters is 1. The monoisotopic (exact) mass is 249 g/mol. The molecule has 100 valence electrons. The largest absolute Gasteiger partial charge is 0.466 e. The molecule has 0 aromatic heterocycles. The van der Waals surface area contributed by atoms with Crippen LogP contribution in [-0.2, 0) is 9.53 Å². The van der Waals surface area contributed by atoms with Crippen molar-refractivity contribution in [3.05, 3.63) is 29.8 Å². The molecule has 0 spiro atoms. The maximum Gasteiger partial charge on any atom is 0.313 e. The van der Waals surface area contributed by atoms with Gasteiger partial charge in [0.25, 0.3) is 0 Å². The van der Waals surface area contributed by atoms with Crippen LogP contribution in [0.3, 0.4) is 0 Å². The Morgan fingerprint density at radius 2 is 1.89 bits per heavy atom. The molecule has 1 atom stereocenters. The van der Waals surface area contributed by atoms with E-state index in [0.717, 1.165) is 36.9 Å². The Bertz CT molecular complexity index is 359. The molecule has 2 N–H and O–H groups in total. The van der Waals surface area contributed by atoms with Crippen molar-refractivity contribution in [2.75, 3.05) is 12.3 Å². The number of nitrogens with two attached hydrogens (primary N) is 1. The molecule has 0 bridgehead atoms. The average molecular weight is 249 g/mol. The fourth-order valence-electron chi connectivity index (χ4n) is 1.99. The van der Waals surface area contributed by atoms with Gasteiger partial charge in [0, 0.05) is 5.69 Å². The van der Waals surface area contributed by atoms with Crippen LogP contribution in [0.25, 0.3) is 0 Å². The minimum atomic E-state index is -0.155.